The topological polar surface area (TPSA) is 86.0 Å². The summed E-state index contributed by atoms with van der Waals surface area (Å²) < 4.78 is 3.45. The zero-order valence-corrected chi connectivity index (χ0v) is 20.8. The molecule has 176 valence electrons. The second-order valence-corrected chi connectivity index (χ2v) is 10.9. The fourth-order valence-corrected chi connectivity index (χ4v) is 3.59. The first kappa shape index (κ1) is 25.7. The normalized spacial score (nSPS) is 12.2. The first-order valence-electron chi connectivity index (χ1n) is 11.2. The highest BCUT2D eigenvalue weighted by Gasteiger charge is 2.22. The minimum absolute atomic E-state index is 0.0185. The molecule has 7 heteroatoms. The van der Waals surface area contributed by atoms with Crippen LogP contribution in [0.25, 0.3) is 0 Å². The van der Waals surface area contributed by atoms with Crippen LogP contribution in [0, 0.1) is 5.41 Å². The number of hydrogen-bond acceptors (Lipinski definition) is 5. The highest BCUT2D eigenvalue weighted by atomic mass is 16.1. The van der Waals surface area contributed by atoms with Gasteiger partial charge in [-0.1, -0.05) is 20.8 Å². The summed E-state index contributed by atoms with van der Waals surface area (Å²) in [5, 5.41) is 3.31. The lowest BCUT2D eigenvalue weighted by Gasteiger charge is -2.19. The summed E-state index contributed by atoms with van der Waals surface area (Å²) >= 11 is 0. The molecule has 0 aliphatic carbocycles. The molecule has 0 unspecified atom stereocenters. The van der Waals surface area contributed by atoms with Crippen LogP contribution < -0.4 is 5.32 Å². The van der Waals surface area contributed by atoms with Gasteiger partial charge < -0.3 is 14.5 Å². The molecule has 0 aliphatic heterocycles. The lowest BCUT2D eigenvalue weighted by atomic mass is 9.90. The fraction of sp³-hybridized carbons (Fsp3) is 0.600. The molecular formula is C25H38N4O3. The zero-order valence-electron chi connectivity index (χ0n) is 20.8. The van der Waals surface area contributed by atoms with Crippen LogP contribution in [0.3, 0.4) is 0 Å². The Morgan fingerprint density at radius 3 is 2.19 bits per heavy atom. The maximum absolute atomic E-state index is 12.9. The number of rotatable bonds is 10. The fourth-order valence-electron chi connectivity index (χ4n) is 3.59. The van der Waals surface area contributed by atoms with Crippen LogP contribution in [0.5, 0.6) is 0 Å². The van der Waals surface area contributed by atoms with Crippen molar-refractivity contribution in [2.24, 2.45) is 19.5 Å². The highest BCUT2D eigenvalue weighted by molar-refractivity contribution is 5.97. The van der Waals surface area contributed by atoms with E-state index in [1.54, 1.807) is 35.5 Å². The Balaban J connectivity index is 2.01. The van der Waals surface area contributed by atoms with Gasteiger partial charge in [0, 0.05) is 57.8 Å². The second kappa shape index (κ2) is 9.94. The van der Waals surface area contributed by atoms with Gasteiger partial charge in [-0.3, -0.25) is 14.4 Å². The van der Waals surface area contributed by atoms with E-state index in [-0.39, 0.29) is 34.7 Å². The van der Waals surface area contributed by atoms with Gasteiger partial charge in [0.15, 0.2) is 17.4 Å². The van der Waals surface area contributed by atoms with Crippen molar-refractivity contribution in [1.29, 1.82) is 0 Å². The molecule has 0 atom stereocenters. The minimum Gasteiger partial charge on any atom is -0.348 e. The van der Waals surface area contributed by atoms with Gasteiger partial charge in [-0.05, 0) is 37.8 Å². The Morgan fingerprint density at radius 1 is 0.938 bits per heavy atom. The third kappa shape index (κ3) is 7.86. The molecule has 2 aromatic rings. The number of carbonyl (C=O) groups is 3. The summed E-state index contributed by atoms with van der Waals surface area (Å²) in [6, 6.07) is 1.78. The third-order valence-corrected chi connectivity index (χ3v) is 5.02. The Kier molecular flexibility index (Phi) is 7.99. The molecular weight excluding hydrogens is 404 g/mol. The molecule has 2 rings (SSSR count). The number of Topliss-reactive ketones (excluding diaryl/α,β-unsaturated/α-hetero) is 3. The number of imidazole rings is 1. The van der Waals surface area contributed by atoms with Crippen molar-refractivity contribution >= 4 is 17.3 Å². The van der Waals surface area contributed by atoms with Crippen molar-refractivity contribution in [3.05, 3.63) is 41.2 Å². The highest BCUT2D eigenvalue weighted by Crippen LogP contribution is 2.21. The van der Waals surface area contributed by atoms with Crippen LogP contribution in [0.1, 0.15) is 86.7 Å². The van der Waals surface area contributed by atoms with Gasteiger partial charge in [0.25, 0.3) is 0 Å². The van der Waals surface area contributed by atoms with Crippen LogP contribution in [-0.2, 0) is 31.7 Å². The Hall–Kier alpha value is -2.54. The molecule has 0 saturated carbocycles. The van der Waals surface area contributed by atoms with Gasteiger partial charge in [-0.15, -0.1) is 0 Å². The van der Waals surface area contributed by atoms with Crippen LogP contribution in [-0.4, -0.2) is 43.6 Å². The molecule has 1 N–H and O–H groups in total. The van der Waals surface area contributed by atoms with E-state index in [0.29, 0.717) is 43.0 Å². The molecule has 0 radical (unpaired) electrons. The Morgan fingerprint density at radius 2 is 1.59 bits per heavy atom. The zero-order chi connectivity index (χ0) is 24.3. The molecule has 0 spiro atoms. The molecule has 0 aliphatic rings. The van der Waals surface area contributed by atoms with Crippen molar-refractivity contribution in [2.45, 2.75) is 72.8 Å². The number of carbonyl (C=O) groups excluding carboxylic acids is 3. The summed E-state index contributed by atoms with van der Waals surface area (Å²) in [5.41, 5.74) is 1.79. The van der Waals surface area contributed by atoms with Crippen molar-refractivity contribution in [3.63, 3.8) is 0 Å². The van der Waals surface area contributed by atoms with E-state index in [1.807, 2.05) is 27.0 Å². The van der Waals surface area contributed by atoms with E-state index < -0.39 is 0 Å². The van der Waals surface area contributed by atoms with Gasteiger partial charge in [0.1, 0.15) is 5.78 Å². The van der Waals surface area contributed by atoms with Gasteiger partial charge in [-0.25, -0.2) is 4.98 Å². The summed E-state index contributed by atoms with van der Waals surface area (Å²) in [4.78, 5) is 42.1. The van der Waals surface area contributed by atoms with Crippen molar-refractivity contribution in [3.8, 4) is 0 Å². The average molecular weight is 443 g/mol. The molecule has 2 aromatic heterocycles. The summed E-state index contributed by atoms with van der Waals surface area (Å²) in [7, 11) is 3.58. The maximum atomic E-state index is 12.9. The molecule has 0 amide bonds. The van der Waals surface area contributed by atoms with Crippen LogP contribution >= 0.6 is 0 Å². The van der Waals surface area contributed by atoms with Gasteiger partial charge in [0.2, 0.25) is 0 Å². The van der Waals surface area contributed by atoms with E-state index in [1.165, 1.54) is 0 Å². The second-order valence-electron chi connectivity index (χ2n) is 10.9. The van der Waals surface area contributed by atoms with E-state index in [9.17, 15) is 14.4 Å². The molecule has 32 heavy (non-hydrogen) atoms. The van der Waals surface area contributed by atoms with Crippen LogP contribution in [0.4, 0.5) is 0 Å². The summed E-state index contributed by atoms with van der Waals surface area (Å²) in [6.07, 6.45) is 4.84. The van der Waals surface area contributed by atoms with E-state index in [2.05, 4.69) is 31.1 Å². The predicted octanol–water partition coefficient (Wildman–Crippen LogP) is 3.69. The average Bonchev–Trinajstić information content (AvgIpc) is 3.14. The molecule has 0 aromatic carbocycles. The first-order valence-corrected chi connectivity index (χ1v) is 11.2. The van der Waals surface area contributed by atoms with Crippen molar-refractivity contribution < 1.29 is 14.4 Å². The number of nitrogens with zero attached hydrogens (tertiary/aromatic N) is 3. The Labute approximate surface area is 191 Å². The standard InChI is InChI=1S/C25H38N4O3/c1-24(2,3)14-22(32)23-27-18(16-29(23)8)13-21(31)20-12-17(15-28(20)7)11-19(30)9-10-26-25(4,5)6/h12,15-16,26H,9-11,13-14H2,1-8H3. The number of hydrogen-bond donors (Lipinski definition) is 1. The molecule has 2 heterocycles. The summed E-state index contributed by atoms with van der Waals surface area (Å²) in [5.74, 6) is 0.399. The quantitative estimate of drug-likeness (QED) is 0.567. The van der Waals surface area contributed by atoms with Crippen LogP contribution in [0.2, 0.25) is 0 Å². The van der Waals surface area contributed by atoms with E-state index in [0.717, 1.165) is 5.56 Å². The van der Waals surface area contributed by atoms with Gasteiger partial charge in [0.05, 0.1) is 17.8 Å². The number of aromatic nitrogens is 3. The van der Waals surface area contributed by atoms with Crippen molar-refractivity contribution in [2.75, 3.05) is 6.54 Å². The number of nitrogens with one attached hydrogen (secondary N) is 1. The SMILES string of the molecule is Cn1cc(CC(=O)CCNC(C)(C)C)cc1C(=O)Cc1cn(C)c(C(=O)CC(C)(C)C)n1. The largest absolute Gasteiger partial charge is 0.348 e. The molecule has 0 bridgehead atoms. The predicted molar refractivity (Wildman–Crippen MR) is 126 cm³/mol. The minimum atomic E-state index is -0.126. The number of ketones is 3. The molecule has 0 fully saturated rings. The third-order valence-electron chi connectivity index (χ3n) is 5.02. The molecule has 0 saturated heterocycles. The van der Waals surface area contributed by atoms with Crippen molar-refractivity contribution in [1.82, 2.24) is 19.4 Å². The monoisotopic (exact) mass is 442 g/mol. The maximum Gasteiger partial charge on any atom is 0.198 e. The summed E-state index contributed by atoms with van der Waals surface area (Å²) in [6.45, 7) is 12.9. The Bertz CT molecular complexity index is 984. The lowest BCUT2D eigenvalue weighted by Crippen LogP contribution is -2.37. The number of aryl methyl sites for hydroxylation is 2. The van der Waals surface area contributed by atoms with E-state index >= 15 is 0 Å². The van der Waals surface area contributed by atoms with Crippen LogP contribution in [0.15, 0.2) is 18.5 Å². The molecule has 7 nitrogen and oxygen atoms in total. The van der Waals surface area contributed by atoms with E-state index in [4.69, 9.17) is 0 Å². The van der Waals surface area contributed by atoms with Gasteiger partial charge >= 0.3 is 0 Å². The van der Waals surface area contributed by atoms with Gasteiger partial charge in [-0.2, -0.15) is 0 Å². The first-order chi connectivity index (χ1) is 14.6. The lowest BCUT2D eigenvalue weighted by molar-refractivity contribution is -0.118. The smallest absolute Gasteiger partial charge is 0.198 e.